The van der Waals surface area contributed by atoms with Crippen molar-refractivity contribution in [2.24, 2.45) is 0 Å². The Morgan fingerprint density at radius 1 is 1.32 bits per heavy atom. The SMILES string of the molecule is CCCCCCc1nn2ccccc2c1C(=O)OC. The maximum atomic E-state index is 11.9. The number of methoxy groups -OCH3 is 1. The quantitative estimate of drug-likeness (QED) is 0.591. The molecular weight excluding hydrogens is 240 g/mol. The Bertz CT molecular complexity index is 560. The fraction of sp³-hybridized carbons (Fsp3) is 0.467. The Hall–Kier alpha value is -1.84. The van der Waals surface area contributed by atoms with Crippen molar-refractivity contribution in [3.63, 3.8) is 0 Å². The molecule has 0 radical (unpaired) electrons. The summed E-state index contributed by atoms with van der Waals surface area (Å²) in [5, 5.41) is 4.50. The lowest BCUT2D eigenvalue weighted by Gasteiger charge is -2.01. The van der Waals surface area contributed by atoms with E-state index in [-0.39, 0.29) is 5.97 Å². The molecule has 0 atom stereocenters. The molecule has 0 unspecified atom stereocenters. The van der Waals surface area contributed by atoms with Crippen LogP contribution >= 0.6 is 0 Å². The number of nitrogens with zero attached hydrogens (tertiary/aromatic N) is 2. The number of aromatic nitrogens is 2. The highest BCUT2D eigenvalue weighted by Crippen LogP contribution is 2.19. The first-order chi connectivity index (χ1) is 9.27. The number of pyridine rings is 1. The first-order valence-electron chi connectivity index (χ1n) is 6.82. The highest BCUT2D eigenvalue weighted by Gasteiger charge is 2.19. The number of aryl methyl sites for hydroxylation is 1. The minimum atomic E-state index is -0.299. The van der Waals surface area contributed by atoms with Gasteiger partial charge in [0.25, 0.3) is 0 Å². The number of carbonyl (C=O) groups excluding carboxylic acids is 1. The van der Waals surface area contributed by atoms with Crippen LogP contribution in [0.2, 0.25) is 0 Å². The predicted molar refractivity (Wildman–Crippen MR) is 74.4 cm³/mol. The van der Waals surface area contributed by atoms with Crippen LogP contribution in [0.3, 0.4) is 0 Å². The van der Waals surface area contributed by atoms with Gasteiger partial charge in [-0.15, -0.1) is 0 Å². The first-order valence-corrected chi connectivity index (χ1v) is 6.82. The number of rotatable bonds is 6. The van der Waals surface area contributed by atoms with Crippen molar-refractivity contribution < 1.29 is 9.53 Å². The molecule has 0 aliphatic rings. The van der Waals surface area contributed by atoms with Crippen LogP contribution in [0.5, 0.6) is 0 Å². The first kappa shape index (κ1) is 13.6. The third-order valence-corrected chi connectivity index (χ3v) is 3.27. The van der Waals surface area contributed by atoms with E-state index in [4.69, 9.17) is 4.74 Å². The molecule has 2 rings (SSSR count). The van der Waals surface area contributed by atoms with Gasteiger partial charge in [0, 0.05) is 6.20 Å². The third-order valence-electron chi connectivity index (χ3n) is 3.27. The average Bonchev–Trinajstić information content (AvgIpc) is 2.81. The van der Waals surface area contributed by atoms with Crippen molar-refractivity contribution in [2.45, 2.75) is 39.0 Å². The fourth-order valence-corrected chi connectivity index (χ4v) is 2.27. The lowest BCUT2D eigenvalue weighted by Crippen LogP contribution is -2.04. The molecule has 4 heteroatoms. The van der Waals surface area contributed by atoms with Crippen LogP contribution in [0.1, 0.15) is 48.7 Å². The van der Waals surface area contributed by atoms with Crippen LogP contribution in [0.15, 0.2) is 24.4 Å². The van der Waals surface area contributed by atoms with E-state index >= 15 is 0 Å². The Morgan fingerprint density at radius 2 is 2.16 bits per heavy atom. The van der Waals surface area contributed by atoms with Crippen molar-refractivity contribution in [1.82, 2.24) is 9.61 Å². The van der Waals surface area contributed by atoms with Gasteiger partial charge in [-0.3, -0.25) is 0 Å². The van der Waals surface area contributed by atoms with Gasteiger partial charge in [-0.05, 0) is 25.0 Å². The number of ether oxygens (including phenoxy) is 1. The van der Waals surface area contributed by atoms with Gasteiger partial charge >= 0.3 is 5.97 Å². The molecule has 102 valence electrons. The molecule has 0 aliphatic heterocycles. The fourth-order valence-electron chi connectivity index (χ4n) is 2.27. The second-order valence-corrected chi connectivity index (χ2v) is 4.65. The average molecular weight is 260 g/mol. The molecule has 0 aromatic carbocycles. The number of esters is 1. The summed E-state index contributed by atoms with van der Waals surface area (Å²) in [7, 11) is 1.41. The summed E-state index contributed by atoms with van der Waals surface area (Å²) in [5.41, 5.74) is 2.27. The lowest BCUT2D eigenvalue weighted by molar-refractivity contribution is 0.0601. The van der Waals surface area contributed by atoms with Crippen LogP contribution in [-0.2, 0) is 11.2 Å². The highest BCUT2D eigenvalue weighted by atomic mass is 16.5. The smallest absolute Gasteiger partial charge is 0.342 e. The largest absolute Gasteiger partial charge is 0.465 e. The Morgan fingerprint density at radius 3 is 2.89 bits per heavy atom. The monoisotopic (exact) mass is 260 g/mol. The molecule has 0 N–H and O–H groups in total. The van der Waals surface area contributed by atoms with Crippen LogP contribution in [0.25, 0.3) is 5.52 Å². The molecule has 2 aromatic heterocycles. The number of carbonyl (C=O) groups is 1. The second-order valence-electron chi connectivity index (χ2n) is 4.65. The van der Waals surface area contributed by atoms with Crippen molar-refractivity contribution in [3.8, 4) is 0 Å². The molecule has 2 aromatic rings. The molecule has 2 heterocycles. The van der Waals surface area contributed by atoms with Gasteiger partial charge in [-0.25, -0.2) is 9.31 Å². The number of fused-ring (bicyclic) bond motifs is 1. The molecule has 0 bridgehead atoms. The molecule has 0 aliphatic carbocycles. The van der Waals surface area contributed by atoms with E-state index in [1.807, 2.05) is 24.4 Å². The van der Waals surface area contributed by atoms with Gasteiger partial charge in [0.2, 0.25) is 0 Å². The van der Waals surface area contributed by atoms with Crippen LogP contribution in [0.4, 0.5) is 0 Å². The summed E-state index contributed by atoms with van der Waals surface area (Å²) < 4.78 is 6.63. The van der Waals surface area contributed by atoms with E-state index < -0.39 is 0 Å². The number of hydrogen-bond acceptors (Lipinski definition) is 3. The van der Waals surface area contributed by atoms with E-state index in [1.54, 1.807) is 4.52 Å². The molecule has 0 amide bonds. The van der Waals surface area contributed by atoms with Gasteiger partial charge in [-0.2, -0.15) is 5.10 Å². The molecular formula is C15H20N2O2. The molecule has 0 saturated carbocycles. The number of hydrogen-bond donors (Lipinski definition) is 0. The van der Waals surface area contributed by atoms with Gasteiger partial charge in [0.05, 0.1) is 18.3 Å². The second kappa shape index (κ2) is 6.36. The zero-order valence-corrected chi connectivity index (χ0v) is 11.6. The number of unbranched alkanes of at least 4 members (excludes halogenated alkanes) is 3. The maximum Gasteiger partial charge on any atom is 0.342 e. The molecule has 0 fully saturated rings. The zero-order valence-electron chi connectivity index (χ0n) is 11.6. The minimum Gasteiger partial charge on any atom is -0.465 e. The van der Waals surface area contributed by atoms with E-state index in [2.05, 4.69) is 12.0 Å². The van der Waals surface area contributed by atoms with Gasteiger partial charge in [0.1, 0.15) is 5.56 Å². The van der Waals surface area contributed by atoms with Crippen LogP contribution < -0.4 is 0 Å². The molecule has 4 nitrogen and oxygen atoms in total. The van der Waals surface area contributed by atoms with Crippen LogP contribution in [-0.4, -0.2) is 22.7 Å². The molecule has 0 saturated heterocycles. The van der Waals surface area contributed by atoms with Crippen LogP contribution in [0, 0.1) is 0 Å². The van der Waals surface area contributed by atoms with Gasteiger partial charge in [-0.1, -0.05) is 32.3 Å². The van der Waals surface area contributed by atoms with Crippen molar-refractivity contribution >= 4 is 11.5 Å². The Labute approximate surface area is 113 Å². The van der Waals surface area contributed by atoms with Crippen molar-refractivity contribution in [2.75, 3.05) is 7.11 Å². The normalized spacial score (nSPS) is 10.8. The van der Waals surface area contributed by atoms with E-state index in [9.17, 15) is 4.79 Å². The molecule has 0 spiro atoms. The van der Waals surface area contributed by atoms with E-state index in [0.29, 0.717) is 5.56 Å². The van der Waals surface area contributed by atoms with Crippen molar-refractivity contribution in [3.05, 3.63) is 35.7 Å². The van der Waals surface area contributed by atoms with E-state index in [0.717, 1.165) is 24.1 Å². The standard InChI is InChI=1S/C15H20N2O2/c1-3-4-5-6-9-12-14(15(18)19-2)13-10-7-8-11-17(13)16-12/h7-8,10-11H,3-6,9H2,1-2H3. The molecule has 19 heavy (non-hydrogen) atoms. The third kappa shape index (κ3) is 2.95. The summed E-state index contributed by atoms with van der Waals surface area (Å²) in [4.78, 5) is 11.9. The maximum absolute atomic E-state index is 11.9. The minimum absolute atomic E-state index is 0.299. The van der Waals surface area contributed by atoms with Crippen molar-refractivity contribution in [1.29, 1.82) is 0 Å². The predicted octanol–water partition coefficient (Wildman–Crippen LogP) is 3.24. The summed E-state index contributed by atoms with van der Waals surface area (Å²) in [6, 6.07) is 5.71. The topological polar surface area (TPSA) is 43.6 Å². The summed E-state index contributed by atoms with van der Waals surface area (Å²) >= 11 is 0. The summed E-state index contributed by atoms with van der Waals surface area (Å²) in [5.74, 6) is -0.299. The summed E-state index contributed by atoms with van der Waals surface area (Å²) in [6.45, 7) is 2.19. The highest BCUT2D eigenvalue weighted by molar-refractivity contribution is 5.98. The Balaban J connectivity index is 2.28. The van der Waals surface area contributed by atoms with E-state index in [1.165, 1.54) is 26.4 Å². The van der Waals surface area contributed by atoms with Gasteiger partial charge < -0.3 is 4.74 Å². The Kier molecular flexibility index (Phi) is 4.55. The van der Waals surface area contributed by atoms with Gasteiger partial charge in [0.15, 0.2) is 0 Å². The zero-order chi connectivity index (χ0) is 13.7. The lowest BCUT2D eigenvalue weighted by atomic mass is 10.1. The summed E-state index contributed by atoms with van der Waals surface area (Å²) in [6.07, 6.45) is 7.34.